The largest absolute Gasteiger partial charge is 0.453 e. The standard InChI is InChI=1S/C15H13N7O3S2.2H2/c1-27(23,24)10-4-2-3-9(7-10)11-5-6-12(25-11)14-16-15(20-19-14)26-8-13-17-21-22-18-13;;/h2-7H,8H2,1H3,(H,16,19,20)(H,17,18,21,22);2*1H. The van der Waals surface area contributed by atoms with Crippen molar-refractivity contribution < 1.29 is 15.7 Å². The predicted molar refractivity (Wildman–Crippen MR) is 101 cm³/mol. The van der Waals surface area contributed by atoms with E-state index >= 15 is 0 Å². The first kappa shape index (κ1) is 17.4. The fourth-order valence-corrected chi connectivity index (χ4v) is 3.61. The summed E-state index contributed by atoms with van der Waals surface area (Å²) in [5, 5.41) is 21.1. The lowest BCUT2D eigenvalue weighted by Crippen LogP contribution is -1.96. The van der Waals surface area contributed by atoms with E-state index in [0.717, 1.165) is 0 Å². The number of furan rings is 1. The molecule has 0 atom stereocenters. The number of aromatic nitrogens is 7. The van der Waals surface area contributed by atoms with E-state index in [9.17, 15) is 8.42 Å². The molecule has 0 unspecified atom stereocenters. The molecule has 0 aliphatic heterocycles. The normalized spacial score (nSPS) is 11.7. The van der Waals surface area contributed by atoms with Crippen molar-refractivity contribution in [1.29, 1.82) is 0 Å². The van der Waals surface area contributed by atoms with E-state index in [2.05, 4.69) is 35.8 Å². The second kappa shape index (κ2) is 6.96. The van der Waals surface area contributed by atoms with Gasteiger partial charge in [0.25, 0.3) is 0 Å². The first-order valence-corrected chi connectivity index (χ1v) is 10.5. The molecular weight excluding hydrogens is 390 g/mol. The minimum atomic E-state index is -3.29. The van der Waals surface area contributed by atoms with Crippen molar-refractivity contribution in [2.75, 3.05) is 6.26 Å². The van der Waals surface area contributed by atoms with Crippen LogP contribution in [0, 0.1) is 0 Å². The first-order valence-electron chi connectivity index (χ1n) is 7.67. The Hall–Kier alpha value is -2.99. The van der Waals surface area contributed by atoms with Crippen molar-refractivity contribution in [2.24, 2.45) is 0 Å². The van der Waals surface area contributed by atoms with Crippen LogP contribution in [-0.2, 0) is 15.6 Å². The summed E-state index contributed by atoms with van der Waals surface area (Å²) in [6.45, 7) is 0. The van der Waals surface area contributed by atoms with Crippen molar-refractivity contribution in [2.45, 2.75) is 15.8 Å². The molecule has 2 N–H and O–H groups in total. The van der Waals surface area contributed by atoms with Gasteiger partial charge in [-0.15, -0.1) is 15.3 Å². The molecule has 0 amide bonds. The number of hydrogen-bond donors (Lipinski definition) is 2. The van der Waals surface area contributed by atoms with E-state index in [1.807, 2.05) is 0 Å². The highest BCUT2D eigenvalue weighted by molar-refractivity contribution is 7.98. The highest BCUT2D eigenvalue weighted by atomic mass is 32.2. The molecule has 0 saturated heterocycles. The van der Waals surface area contributed by atoms with Crippen LogP contribution < -0.4 is 0 Å². The van der Waals surface area contributed by atoms with Crippen LogP contribution in [0.4, 0.5) is 0 Å². The van der Waals surface area contributed by atoms with Gasteiger partial charge in [-0.3, -0.25) is 5.10 Å². The maximum absolute atomic E-state index is 11.7. The van der Waals surface area contributed by atoms with E-state index < -0.39 is 9.84 Å². The Bertz CT molecular complexity index is 1180. The lowest BCUT2D eigenvalue weighted by molar-refractivity contribution is 0.591. The lowest BCUT2D eigenvalue weighted by atomic mass is 10.2. The molecule has 12 heteroatoms. The molecule has 10 nitrogen and oxygen atoms in total. The molecule has 3 aromatic heterocycles. The first-order chi connectivity index (χ1) is 13.0. The lowest BCUT2D eigenvalue weighted by Gasteiger charge is -2.01. The van der Waals surface area contributed by atoms with Gasteiger partial charge >= 0.3 is 0 Å². The van der Waals surface area contributed by atoms with Gasteiger partial charge in [-0.05, 0) is 24.3 Å². The molecule has 0 bridgehead atoms. The third kappa shape index (κ3) is 3.90. The Labute approximate surface area is 160 Å². The smallest absolute Gasteiger partial charge is 0.209 e. The minimum Gasteiger partial charge on any atom is -0.453 e. The van der Waals surface area contributed by atoms with Gasteiger partial charge in [0.05, 0.1) is 10.6 Å². The van der Waals surface area contributed by atoms with Crippen LogP contribution >= 0.6 is 11.8 Å². The Kier molecular flexibility index (Phi) is 4.49. The number of nitrogens with zero attached hydrogens (tertiary/aromatic N) is 5. The van der Waals surface area contributed by atoms with Crippen molar-refractivity contribution in [1.82, 2.24) is 35.8 Å². The number of sulfone groups is 1. The van der Waals surface area contributed by atoms with Gasteiger partial charge < -0.3 is 4.42 Å². The summed E-state index contributed by atoms with van der Waals surface area (Å²) >= 11 is 1.35. The number of benzene rings is 1. The second-order valence-electron chi connectivity index (χ2n) is 5.55. The summed E-state index contributed by atoms with van der Waals surface area (Å²) < 4.78 is 29.3. The highest BCUT2D eigenvalue weighted by Gasteiger charge is 2.14. The van der Waals surface area contributed by atoms with Gasteiger partial charge in [0, 0.05) is 14.7 Å². The van der Waals surface area contributed by atoms with E-state index in [-0.39, 0.29) is 7.75 Å². The molecular formula is C15H17N7O3S2. The molecule has 0 fully saturated rings. The Balaban J connectivity index is 0.00000150. The van der Waals surface area contributed by atoms with Gasteiger partial charge in [-0.1, -0.05) is 29.1 Å². The van der Waals surface area contributed by atoms with Gasteiger partial charge in [-0.2, -0.15) is 10.2 Å². The molecule has 1 aromatic carbocycles. The summed E-state index contributed by atoms with van der Waals surface area (Å²) in [7, 11) is -3.29. The second-order valence-corrected chi connectivity index (χ2v) is 8.51. The maximum Gasteiger partial charge on any atom is 0.209 e. The summed E-state index contributed by atoms with van der Waals surface area (Å²) in [6, 6.07) is 10.1. The molecule has 142 valence electrons. The van der Waals surface area contributed by atoms with Gasteiger partial charge in [0.1, 0.15) is 5.76 Å². The topological polar surface area (TPSA) is 143 Å². The van der Waals surface area contributed by atoms with Crippen LogP contribution in [0.15, 0.2) is 50.9 Å². The van der Waals surface area contributed by atoms with E-state index in [4.69, 9.17) is 4.42 Å². The van der Waals surface area contributed by atoms with E-state index in [0.29, 0.717) is 39.6 Å². The Morgan fingerprint density at radius 2 is 2.04 bits per heavy atom. The molecule has 0 aliphatic carbocycles. The van der Waals surface area contributed by atoms with Crippen molar-refractivity contribution >= 4 is 21.6 Å². The van der Waals surface area contributed by atoms with Crippen molar-refractivity contribution in [3.05, 3.63) is 42.2 Å². The van der Waals surface area contributed by atoms with Crippen LogP contribution in [0.2, 0.25) is 0 Å². The Morgan fingerprint density at radius 3 is 2.81 bits per heavy atom. The molecule has 4 rings (SSSR count). The van der Waals surface area contributed by atoms with Crippen molar-refractivity contribution in [3.63, 3.8) is 0 Å². The summed E-state index contributed by atoms with van der Waals surface area (Å²) in [6.07, 6.45) is 1.17. The third-order valence-electron chi connectivity index (χ3n) is 3.57. The van der Waals surface area contributed by atoms with E-state index in [1.165, 1.54) is 18.0 Å². The zero-order valence-electron chi connectivity index (χ0n) is 13.9. The highest BCUT2D eigenvalue weighted by Crippen LogP contribution is 2.29. The molecule has 0 radical (unpaired) electrons. The van der Waals surface area contributed by atoms with Gasteiger partial charge in [0.2, 0.25) is 5.16 Å². The molecule has 0 saturated carbocycles. The SMILES string of the molecule is CS(=O)(=O)c1cccc(-c2ccc(-c3nc(SCc4nn[nH]n4)n[nH]3)o2)c1.[HH].[HH]. The number of aromatic amines is 2. The molecule has 4 aromatic rings. The maximum atomic E-state index is 11.7. The Morgan fingerprint density at radius 1 is 1.19 bits per heavy atom. The van der Waals surface area contributed by atoms with Crippen LogP contribution in [-0.4, -0.2) is 50.5 Å². The molecule has 3 heterocycles. The number of hydrogen-bond acceptors (Lipinski definition) is 9. The molecule has 27 heavy (non-hydrogen) atoms. The van der Waals surface area contributed by atoms with Crippen LogP contribution in [0.3, 0.4) is 0 Å². The predicted octanol–water partition coefficient (Wildman–Crippen LogP) is 2.43. The van der Waals surface area contributed by atoms with Crippen LogP contribution in [0.1, 0.15) is 8.68 Å². The number of tetrazole rings is 1. The van der Waals surface area contributed by atoms with E-state index in [1.54, 1.807) is 36.4 Å². The number of H-pyrrole nitrogens is 2. The molecule has 0 spiro atoms. The molecule has 0 aliphatic rings. The minimum absolute atomic E-state index is 0. The quantitative estimate of drug-likeness (QED) is 0.460. The zero-order chi connectivity index (χ0) is 18.9. The van der Waals surface area contributed by atoms with Gasteiger partial charge in [-0.25, -0.2) is 8.42 Å². The van der Waals surface area contributed by atoms with Crippen LogP contribution in [0.5, 0.6) is 0 Å². The average molecular weight is 407 g/mol. The monoisotopic (exact) mass is 407 g/mol. The zero-order valence-corrected chi connectivity index (χ0v) is 15.6. The van der Waals surface area contributed by atoms with Crippen LogP contribution in [0.25, 0.3) is 22.9 Å². The van der Waals surface area contributed by atoms with Gasteiger partial charge in [0.15, 0.2) is 27.2 Å². The summed E-state index contributed by atoms with van der Waals surface area (Å²) in [5.74, 6) is 2.53. The number of thioether (sulfide) groups is 1. The summed E-state index contributed by atoms with van der Waals surface area (Å²) in [4.78, 5) is 4.60. The number of nitrogens with one attached hydrogen (secondary N) is 2. The average Bonchev–Trinajstić information content (AvgIpc) is 3.39. The number of rotatable bonds is 6. The fourth-order valence-electron chi connectivity index (χ4n) is 2.29. The fraction of sp³-hybridized carbons (Fsp3) is 0.133. The third-order valence-corrected chi connectivity index (χ3v) is 5.52. The van der Waals surface area contributed by atoms with Crippen molar-refractivity contribution in [3.8, 4) is 22.9 Å². The summed E-state index contributed by atoms with van der Waals surface area (Å²) in [5.41, 5.74) is 0.662.